The molecule has 0 saturated heterocycles. The summed E-state index contributed by atoms with van der Waals surface area (Å²) in [7, 11) is 0. The second-order valence-corrected chi connectivity index (χ2v) is 7.01. The maximum Gasteiger partial charge on any atom is 0.337 e. The number of hydrogen-bond acceptors (Lipinski definition) is 4. The Morgan fingerprint density at radius 1 is 1.12 bits per heavy atom. The normalized spacial score (nSPS) is 10.4. The minimum absolute atomic E-state index is 0.0864. The van der Waals surface area contributed by atoms with Crippen LogP contribution >= 0.6 is 11.3 Å². The van der Waals surface area contributed by atoms with Gasteiger partial charge in [0.1, 0.15) is 5.82 Å². The Bertz CT molecular complexity index is 693. The Morgan fingerprint density at radius 3 is 2.16 bits per heavy atom. The summed E-state index contributed by atoms with van der Waals surface area (Å²) in [4.78, 5) is 29.0. The Hall–Kier alpha value is -2.21. The third-order valence-corrected chi connectivity index (χ3v) is 4.86. The predicted molar refractivity (Wildman–Crippen MR) is 103 cm³/mol. The monoisotopic (exact) mass is 362 g/mol. The van der Waals surface area contributed by atoms with Crippen molar-refractivity contribution in [2.75, 3.05) is 5.32 Å². The van der Waals surface area contributed by atoms with Gasteiger partial charge in [0.2, 0.25) is 0 Å². The third kappa shape index (κ3) is 5.39. The van der Waals surface area contributed by atoms with Crippen molar-refractivity contribution in [1.29, 1.82) is 0 Å². The van der Waals surface area contributed by atoms with Crippen LogP contribution in [0.2, 0.25) is 0 Å². The van der Waals surface area contributed by atoms with Crippen LogP contribution in [0, 0.1) is 0 Å². The van der Waals surface area contributed by atoms with Gasteiger partial charge in [0.15, 0.2) is 0 Å². The molecule has 0 spiro atoms. The second kappa shape index (κ2) is 9.32. The van der Waals surface area contributed by atoms with Gasteiger partial charge in [0.25, 0.3) is 5.91 Å². The molecule has 2 heterocycles. The molecule has 2 N–H and O–H groups in total. The van der Waals surface area contributed by atoms with Gasteiger partial charge in [-0.3, -0.25) is 4.79 Å². The summed E-state index contributed by atoms with van der Waals surface area (Å²) in [5.41, 5.74) is 1.28. The minimum atomic E-state index is -1.04. The third-order valence-electron chi connectivity index (χ3n) is 3.41. The number of aromatic carboxylic acids is 1. The highest BCUT2D eigenvalue weighted by Crippen LogP contribution is 2.34. The Kier molecular flexibility index (Phi) is 7.77. The average Bonchev–Trinajstić information content (AvgIpc) is 3.03. The van der Waals surface area contributed by atoms with Crippen LogP contribution in [-0.2, 0) is 0 Å². The molecule has 0 aliphatic carbocycles. The Balaban J connectivity index is 0.00000151. The fraction of sp³-hybridized carbons (Fsp3) is 0.421. The molecule has 0 radical (unpaired) electrons. The molecule has 0 bridgehead atoms. The summed E-state index contributed by atoms with van der Waals surface area (Å²) >= 11 is 1.50. The van der Waals surface area contributed by atoms with Crippen LogP contribution in [-0.4, -0.2) is 22.0 Å². The van der Waals surface area contributed by atoms with Crippen molar-refractivity contribution in [3.63, 3.8) is 0 Å². The summed E-state index contributed by atoms with van der Waals surface area (Å²) in [6, 6.07) is 4.84. The molecule has 0 aliphatic rings. The molecule has 0 aromatic carbocycles. The number of carbonyl (C=O) groups is 2. The van der Waals surface area contributed by atoms with E-state index in [4.69, 9.17) is 5.11 Å². The largest absolute Gasteiger partial charge is 0.478 e. The first kappa shape index (κ1) is 20.8. The molecule has 2 rings (SSSR count). The highest BCUT2D eigenvalue weighted by Gasteiger charge is 2.19. The van der Waals surface area contributed by atoms with Gasteiger partial charge >= 0.3 is 5.97 Å². The number of carbonyl (C=O) groups excluding carboxylic acids is 1. The van der Waals surface area contributed by atoms with Crippen LogP contribution < -0.4 is 5.32 Å². The molecule has 136 valence electrons. The number of nitrogens with one attached hydrogen (secondary N) is 1. The van der Waals surface area contributed by atoms with Gasteiger partial charge < -0.3 is 10.4 Å². The van der Waals surface area contributed by atoms with Crippen molar-refractivity contribution in [2.45, 2.75) is 53.4 Å². The number of anilines is 1. The van der Waals surface area contributed by atoms with Gasteiger partial charge in [-0.2, -0.15) is 0 Å². The summed E-state index contributed by atoms with van der Waals surface area (Å²) in [5, 5.41) is 11.6. The Morgan fingerprint density at radius 2 is 1.76 bits per heavy atom. The lowest BCUT2D eigenvalue weighted by molar-refractivity contribution is 0.0696. The molecule has 0 atom stereocenters. The van der Waals surface area contributed by atoms with Gasteiger partial charge in [-0.25, -0.2) is 9.78 Å². The molecule has 2 aromatic heterocycles. The maximum absolute atomic E-state index is 12.4. The van der Waals surface area contributed by atoms with Crippen LogP contribution in [0.5, 0.6) is 0 Å². The molecule has 25 heavy (non-hydrogen) atoms. The van der Waals surface area contributed by atoms with E-state index in [2.05, 4.69) is 38.0 Å². The topological polar surface area (TPSA) is 79.3 Å². The number of hydrogen-bond donors (Lipinski definition) is 2. The van der Waals surface area contributed by atoms with E-state index in [0.717, 1.165) is 0 Å². The lowest BCUT2D eigenvalue weighted by atomic mass is 9.99. The number of aromatic nitrogens is 1. The number of carboxylic acid groups (broad SMARTS) is 1. The molecular formula is C19H26N2O3S. The van der Waals surface area contributed by atoms with Crippen molar-refractivity contribution in [2.24, 2.45) is 0 Å². The maximum atomic E-state index is 12.4. The van der Waals surface area contributed by atoms with E-state index < -0.39 is 5.97 Å². The number of thiophene rings is 1. The summed E-state index contributed by atoms with van der Waals surface area (Å²) < 4.78 is 0. The number of carboxylic acids is 1. The zero-order valence-corrected chi connectivity index (χ0v) is 16.4. The molecule has 1 amide bonds. The lowest BCUT2D eigenvalue weighted by Crippen LogP contribution is -2.11. The van der Waals surface area contributed by atoms with Crippen LogP contribution in [0.25, 0.3) is 0 Å². The van der Waals surface area contributed by atoms with Gasteiger partial charge in [-0.1, -0.05) is 41.5 Å². The van der Waals surface area contributed by atoms with E-state index in [1.807, 2.05) is 19.9 Å². The fourth-order valence-electron chi connectivity index (χ4n) is 2.21. The van der Waals surface area contributed by atoms with E-state index in [1.54, 1.807) is 0 Å². The molecular weight excluding hydrogens is 336 g/mol. The van der Waals surface area contributed by atoms with Crippen molar-refractivity contribution in [3.05, 3.63) is 45.3 Å². The summed E-state index contributed by atoms with van der Waals surface area (Å²) in [6.07, 6.45) is 1.23. The number of amides is 1. The zero-order valence-electron chi connectivity index (χ0n) is 15.6. The first-order valence-electron chi connectivity index (χ1n) is 8.44. The molecule has 2 aromatic rings. The van der Waals surface area contributed by atoms with Crippen LogP contribution in [0.3, 0.4) is 0 Å². The molecule has 0 fully saturated rings. The fourth-order valence-corrected chi connectivity index (χ4v) is 3.42. The first-order valence-corrected chi connectivity index (χ1v) is 9.25. The number of rotatable bonds is 5. The standard InChI is InChI=1S/C17H20N2O3S.C2H6/c1-9(2)12-7-13(23-15(12)10(3)4)16(20)19-14-6-5-11(8-18-14)17(21)22;1-2/h5-10H,1-4H3,(H,21,22)(H,18,19,20);1-2H3. The van der Waals surface area contributed by atoms with E-state index >= 15 is 0 Å². The van der Waals surface area contributed by atoms with E-state index in [1.165, 1.54) is 40.1 Å². The molecule has 6 heteroatoms. The zero-order chi connectivity index (χ0) is 19.1. The minimum Gasteiger partial charge on any atom is -0.478 e. The van der Waals surface area contributed by atoms with Gasteiger partial charge in [-0.15, -0.1) is 11.3 Å². The van der Waals surface area contributed by atoms with Gasteiger partial charge in [0, 0.05) is 11.1 Å². The first-order chi connectivity index (χ1) is 11.8. The predicted octanol–water partition coefficient (Wildman–Crippen LogP) is 5.37. The molecule has 5 nitrogen and oxygen atoms in total. The van der Waals surface area contributed by atoms with Gasteiger partial charge in [0.05, 0.1) is 10.4 Å². The van der Waals surface area contributed by atoms with Crippen molar-refractivity contribution in [1.82, 2.24) is 4.98 Å². The van der Waals surface area contributed by atoms with Crippen LogP contribution in [0.15, 0.2) is 24.4 Å². The van der Waals surface area contributed by atoms with Crippen molar-refractivity contribution >= 4 is 29.0 Å². The molecule has 0 aliphatic heterocycles. The quantitative estimate of drug-likeness (QED) is 0.750. The van der Waals surface area contributed by atoms with Gasteiger partial charge in [-0.05, 0) is 35.6 Å². The van der Waals surface area contributed by atoms with E-state index in [0.29, 0.717) is 22.5 Å². The molecule has 0 saturated carbocycles. The Labute approximate surface area is 153 Å². The smallest absolute Gasteiger partial charge is 0.337 e. The number of pyridine rings is 1. The highest BCUT2D eigenvalue weighted by molar-refractivity contribution is 7.14. The second-order valence-electron chi connectivity index (χ2n) is 5.93. The average molecular weight is 362 g/mol. The number of nitrogens with zero attached hydrogens (tertiary/aromatic N) is 1. The van der Waals surface area contributed by atoms with Crippen molar-refractivity contribution in [3.8, 4) is 0 Å². The van der Waals surface area contributed by atoms with E-state index in [9.17, 15) is 9.59 Å². The SMILES string of the molecule is CC.CC(C)c1cc(C(=O)Nc2ccc(C(=O)O)cn2)sc1C(C)C. The lowest BCUT2D eigenvalue weighted by Gasteiger charge is -2.08. The van der Waals surface area contributed by atoms with E-state index in [-0.39, 0.29) is 11.5 Å². The summed E-state index contributed by atoms with van der Waals surface area (Å²) in [6.45, 7) is 12.5. The van der Waals surface area contributed by atoms with Crippen LogP contribution in [0.4, 0.5) is 5.82 Å². The summed E-state index contributed by atoms with van der Waals surface area (Å²) in [5.74, 6) is -0.202. The van der Waals surface area contributed by atoms with Crippen LogP contribution in [0.1, 0.15) is 83.8 Å². The highest BCUT2D eigenvalue weighted by atomic mass is 32.1. The van der Waals surface area contributed by atoms with Crippen molar-refractivity contribution < 1.29 is 14.7 Å². The molecule has 0 unspecified atom stereocenters.